The Morgan fingerprint density at radius 1 is 1.20 bits per heavy atom. The Balaban J connectivity index is 2.02. The molecule has 0 saturated carbocycles. The number of anilines is 1. The van der Waals surface area contributed by atoms with Gasteiger partial charge in [0.15, 0.2) is 0 Å². The lowest BCUT2D eigenvalue weighted by Gasteiger charge is -2.02. The summed E-state index contributed by atoms with van der Waals surface area (Å²) in [5, 5.41) is 0. The van der Waals surface area contributed by atoms with Crippen LogP contribution < -0.4 is 5.73 Å². The number of hydrogen-bond donors (Lipinski definition) is 1. The number of benzene rings is 1. The zero-order chi connectivity index (χ0) is 10.7. The zero-order valence-electron chi connectivity index (χ0n) is 7.94. The molecule has 15 heavy (non-hydrogen) atoms. The van der Waals surface area contributed by atoms with Gasteiger partial charge in [-0.1, -0.05) is 23.7 Å². The second kappa shape index (κ2) is 4.92. The summed E-state index contributed by atoms with van der Waals surface area (Å²) in [6.45, 7) is 0. The summed E-state index contributed by atoms with van der Waals surface area (Å²) in [6.07, 6.45) is 0. The third-order valence-corrected chi connectivity index (χ3v) is 4.47. The minimum Gasteiger partial charge on any atom is -0.398 e. The van der Waals surface area contributed by atoms with Crippen molar-refractivity contribution < 1.29 is 0 Å². The fraction of sp³-hybridized carbons (Fsp3) is 0.0909. The molecule has 1 aromatic carbocycles. The van der Waals surface area contributed by atoms with Crippen LogP contribution in [0.1, 0.15) is 4.88 Å². The van der Waals surface area contributed by atoms with E-state index in [-0.39, 0.29) is 0 Å². The molecule has 0 unspecified atom stereocenters. The average Bonchev–Trinajstić information content (AvgIpc) is 2.63. The molecule has 0 bridgehead atoms. The summed E-state index contributed by atoms with van der Waals surface area (Å²) >= 11 is 9.21. The first-order valence-corrected chi connectivity index (χ1v) is 6.65. The molecular weight excluding hydrogens is 246 g/mol. The van der Waals surface area contributed by atoms with Gasteiger partial charge in [-0.05, 0) is 24.3 Å². The number of halogens is 1. The highest BCUT2D eigenvalue weighted by molar-refractivity contribution is 7.98. The molecule has 0 saturated heterocycles. The molecule has 2 N–H and O–H groups in total. The highest BCUT2D eigenvalue weighted by Crippen LogP contribution is 2.31. The van der Waals surface area contributed by atoms with Crippen LogP contribution in [0.15, 0.2) is 41.3 Å². The van der Waals surface area contributed by atoms with Crippen molar-refractivity contribution in [3.8, 4) is 0 Å². The van der Waals surface area contributed by atoms with Crippen molar-refractivity contribution in [2.24, 2.45) is 0 Å². The molecule has 2 aromatic rings. The standard InChI is InChI=1S/C11H10ClNS2/c12-11-6-5-8(15-11)7-14-10-4-2-1-3-9(10)13/h1-6H,7,13H2. The van der Waals surface area contributed by atoms with E-state index in [4.69, 9.17) is 17.3 Å². The highest BCUT2D eigenvalue weighted by Gasteiger charge is 2.01. The molecule has 1 heterocycles. The van der Waals surface area contributed by atoms with Crippen LogP contribution in [0.4, 0.5) is 5.69 Å². The minimum atomic E-state index is 0.838. The second-order valence-electron chi connectivity index (χ2n) is 3.03. The van der Waals surface area contributed by atoms with E-state index < -0.39 is 0 Å². The molecule has 0 spiro atoms. The first kappa shape index (κ1) is 10.9. The van der Waals surface area contributed by atoms with Gasteiger partial charge in [-0.3, -0.25) is 0 Å². The van der Waals surface area contributed by atoms with Crippen LogP contribution in [0, 0.1) is 0 Å². The maximum Gasteiger partial charge on any atom is 0.0931 e. The van der Waals surface area contributed by atoms with Crippen LogP contribution in [0.2, 0.25) is 4.34 Å². The minimum absolute atomic E-state index is 0.838. The summed E-state index contributed by atoms with van der Waals surface area (Å²) < 4.78 is 0.839. The van der Waals surface area contributed by atoms with E-state index in [1.165, 1.54) is 4.88 Å². The van der Waals surface area contributed by atoms with Crippen molar-refractivity contribution in [1.29, 1.82) is 0 Å². The Hall–Kier alpha value is -0.640. The predicted molar refractivity (Wildman–Crippen MR) is 69.7 cm³/mol. The van der Waals surface area contributed by atoms with Gasteiger partial charge in [0.05, 0.1) is 4.34 Å². The second-order valence-corrected chi connectivity index (χ2v) is 5.85. The van der Waals surface area contributed by atoms with Crippen molar-refractivity contribution in [2.75, 3.05) is 5.73 Å². The fourth-order valence-electron chi connectivity index (χ4n) is 1.19. The summed E-state index contributed by atoms with van der Waals surface area (Å²) in [6, 6.07) is 11.9. The topological polar surface area (TPSA) is 26.0 Å². The Kier molecular flexibility index (Phi) is 3.57. The first-order chi connectivity index (χ1) is 7.25. The Labute approximate surface area is 102 Å². The Morgan fingerprint density at radius 2 is 2.00 bits per heavy atom. The summed E-state index contributed by atoms with van der Waals surface area (Å²) in [5.41, 5.74) is 6.68. The Morgan fingerprint density at radius 3 is 2.67 bits per heavy atom. The fourth-order valence-corrected chi connectivity index (χ4v) is 3.29. The lowest BCUT2D eigenvalue weighted by Crippen LogP contribution is -1.87. The van der Waals surface area contributed by atoms with Gasteiger partial charge in [0.2, 0.25) is 0 Å². The molecule has 0 fully saturated rings. The van der Waals surface area contributed by atoms with Crippen molar-refractivity contribution >= 4 is 40.4 Å². The number of rotatable bonds is 3. The van der Waals surface area contributed by atoms with Gasteiger partial charge in [-0.15, -0.1) is 23.1 Å². The van der Waals surface area contributed by atoms with Crippen LogP contribution in [-0.2, 0) is 5.75 Å². The van der Waals surface area contributed by atoms with Crippen molar-refractivity contribution in [3.05, 3.63) is 45.6 Å². The lowest BCUT2D eigenvalue weighted by atomic mass is 10.3. The smallest absolute Gasteiger partial charge is 0.0931 e. The van der Waals surface area contributed by atoms with Gasteiger partial charge in [0.1, 0.15) is 0 Å². The van der Waals surface area contributed by atoms with E-state index in [2.05, 4.69) is 6.07 Å². The van der Waals surface area contributed by atoms with Crippen LogP contribution >= 0.6 is 34.7 Å². The van der Waals surface area contributed by atoms with Crippen LogP contribution in [0.25, 0.3) is 0 Å². The molecule has 1 nitrogen and oxygen atoms in total. The number of thiophene rings is 1. The number of nitrogens with two attached hydrogens (primary N) is 1. The predicted octanol–water partition coefficient (Wildman–Crippen LogP) is 4.28. The lowest BCUT2D eigenvalue weighted by molar-refractivity contribution is 1.43. The molecule has 1 aromatic heterocycles. The summed E-state index contributed by atoms with van der Waals surface area (Å²) in [7, 11) is 0. The molecule has 0 atom stereocenters. The van der Waals surface area contributed by atoms with Crippen molar-refractivity contribution in [3.63, 3.8) is 0 Å². The van der Waals surface area contributed by atoms with Crippen LogP contribution in [-0.4, -0.2) is 0 Å². The van der Waals surface area contributed by atoms with Crippen molar-refractivity contribution in [1.82, 2.24) is 0 Å². The third kappa shape index (κ3) is 2.91. The van der Waals surface area contributed by atoms with Gasteiger partial charge in [-0.2, -0.15) is 0 Å². The molecular formula is C11H10ClNS2. The molecule has 2 rings (SSSR count). The van der Waals surface area contributed by atoms with Crippen LogP contribution in [0.5, 0.6) is 0 Å². The summed E-state index contributed by atoms with van der Waals surface area (Å²) in [4.78, 5) is 2.40. The molecule has 4 heteroatoms. The van der Waals surface area contributed by atoms with Gasteiger partial charge in [-0.25, -0.2) is 0 Å². The molecule has 0 aliphatic rings. The van der Waals surface area contributed by atoms with Gasteiger partial charge >= 0.3 is 0 Å². The average molecular weight is 256 g/mol. The van der Waals surface area contributed by atoms with E-state index >= 15 is 0 Å². The first-order valence-electron chi connectivity index (χ1n) is 4.47. The Bertz CT molecular complexity index is 453. The van der Waals surface area contributed by atoms with Crippen LogP contribution in [0.3, 0.4) is 0 Å². The number of hydrogen-bond acceptors (Lipinski definition) is 3. The van der Waals surface area contributed by atoms with Crippen molar-refractivity contribution in [2.45, 2.75) is 10.6 Å². The maximum atomic E-state index is 5.86. The molecule has 0 aliphatic heterocycles. The number of para-hydroxylation sites is 1. The normalized spacial score (nSPS) is 10.5. The summed E-state index contributed by atoms with van der Waals surface area (Å²) in [5.74, 6) is 0.922. The number of nitrogen functional groups attached to an aromatic ring is 1. The highest BCUT2D eigenvalue weighted by atomic mass is 35.5. The van der Waals surface area contributed by atoms with Gasteiger partial charge in [0.25, 0.3) is 0 Å². The van der Waals surface area contributed by atoms with E-state index in [1.807, 2.05) is 30.3 Å². The van der Waals surface area contributed by atoms with Gasteiger partial charge in [0, 0.05) is 21.2 Å². The van der Waals surface area contributed by atoms with E-state index in [1.54, 1.807) is 23.1 Å². The van der Waals surface area contributed by atoms with E-state index in [0.29, 0.717) is 0 Å². The quantitative estimate of drug-likeness (QED) is 0.655. The third-order valence-electron chi connectivity index (χ3n) is 1.92. The van der Waals surface area contributed by atoms with E-state index in [0.717, 1.165) is 20.7 Å². The molecule has 78 valence electrons. The SMILES string of the molecule is Nc1ccccc1SCc1ccc(Cl)s1. The van der Waals surface area contributed by atoms with Gasteiger partial charge < -0.3 is 5.73 Å². The molecule has 0 aliphatic carbocycles. The monoisotopic (exact) mass is 255 g/mol. The largest absolute Gasteiger partial charge is 0.398 e. The molecule has 0 radical (unpaired) electrons. The zero-order valence-corrected chi connectivity index (χ0v) is 10.3. The maximum absolute atomic E-state index is 5.86. The number of thioether (sulfide) groups is 1. The van der Waals surface area contributed by atoms with E-state index in [9.17, 15) is 0 Å². The molecule has 0 amide bonds.